The standard InChI is InChI=1S/C11H20O/c12-8-9-5-6-11(7-9)10-3-1-2-4-10/h9-12H,1-8H2. The Morgan fingerprint density at radius 2 is 1.67 bits per heavy atom. The van der Waals surface area contributed by atoms with E-state index < -0.39 is 0 Å². The molecule has 70 valence electrons. The number of hydrogen-bond donors (Lipinski definition) is 1. The zero-order valence-corrected chi connectivity index (χ0v) is 7.84. The Morgan fingerprint density at radius 1 is 0.917 bits per heavy atom. The van der Waals surface area contributed by atoms with Crippen LogP contribution in [-0.4, -0.2) is 11.7 Å². The van der Waals surface area contributed by atoms with Gasteiger partial charge in [0, 0.05) is 6.61 Å². The third-order valence-corrected chi connectivity index (χ3v) is 3.91. The van der Waals surface area contributed by atoms with Crippen LogP contribution < -0.4 is 0 Å². The van der Waals surface area contributed by atoms with Gasteiger partial charge in [0.25, 0.3) is 0 Å². The summed E-state index contributed by atoms with van der Waals surface area (Å²) in [6.07, 6.45) is 9.89. The monoisotopic (exact) mass is 168 g/mol. The average molecular weight is 168 g/mol. The molecule has 1 nitrogen and oxygen atoms in total. The van der Waals surface area contributed by atoms with Gasteiger partial charge in [0.05, 0.1) is 0 Å². The van der Waals surface area contributed by atoms with Gasteiger partial charge in [-0.15, -0.1) is 0 Å². The number of rotatable bonds is 2. The molecule has 0 aromatic heterocycles. The molecule has 0 saturated heterocycles. The molecule has 12 heavy (non-hydrogen) atoms. The molecule has 0 amide bonds. The predicted molar refractivity (Wildman–Crippen MR) is 49.9 cm³/mol. The third-order valence-electron chi connectivity index (χ3n) is 3.91. The lowest BCUT2D eigenvalue weighted by atomic mass is 9.89. The molecule has 0 aromatic carbocycles. The predicted octanol–water partition coefficient (Wildman–Crippen LogP) is 2.59. The van der Waals surface area contributed by atoms with Gasteiger partial charge in [-0.3, -0.25) is 0 Å². The van der Waals surface area contributed by atoms with Gasteiger partial charge >= 0.3 is 0 Å². The first kappa shape index (κ1) is 8.55. The smallest absolute Gasteiger partial charge is 0.0459 e. The van der Waals surface area contributed by atoms with Crippen molar-refractivity contribution < 1.29 is 5.11 Å². The zero-order valence-electron chi connectivity index (χ0n) is 7.84. The van der Waals surface area contributed by atoms with E-state index in [1.54, 1.807) is 0 Å². The maximum absolute atomic E-state index is 9.03. The summed E-state index contributed by atoms with van der Waals surface area (Å²) in [5.74, 6) is 2.65. The van der Waals surface area contributed by atoms with Gasteiger partial charge in [0.15, 0.2) is 0 Å². The minimum atomic E-state index is 0.434. The van der Waals surface area contributed by atoms with Crippen LogP contribution in [-0.2, 0) is 0 Å². The molecule has 2 atom stereocenters. The second-order valence-electron chi connectivity index (χ2n) is 4.67. The first-order chi connectivity index (χ1) is 5.90. The molecule has 0 aromatic rings. The number of hydrogen-bond acceptors (Lipinski definition) is 1. The maximum Gasteiger partial charge on any atom is 0.0459 e. The van der Waals surface area contributed by atoms with Crippen molar-refractivity contribution in [3.8, 4) is 0 Å². The van der Waals surface area contributed by atoms with Crippen molar-refractivity contribution in [3.63, 3.8) is 0 Å². The van der Waals surface area contributed by atoms with E-state index in [0.717, 1.165) is 11.8 Å². The van der Waals surface area contributed by atoms with Gasteiger partial charge in [0.1, 0.15) is 0 Å². The molecular formula is C11H20O. The molecule has 0 aliphatic heterocycles. The summed E-state index contributed by atoms with van der Waals surface area (Å²) >= 11 is 0. The first-order valence-electron chi connectivity index (χ1n) is 5.51. The molecule has 0 bridgehead atoms. The number of aliphatic hydroxyl groups excluding tert-OH is 1. The summed E-state index contributed by atoms with van der Waals surface area (Å²) in [6.45, 7) is 0.434. The van der Waals surface area contributed by atoms with Crippen LogP contribution in [0.3, 0.4) is 0 Å². The highest BCUT2D eigenvalue weighted by molar-refractivity contribution is 4.82. The minimum absolute atomic E-state index is 0.434. The van der Waals surface area contributed by atoms with Crippen LogP contribution in [0.1, 0.15) is 44.9 Å². The summed E-state index contributed by atoms with van der Waals surface area (Å²) in [5, 5.41) is 9.03. The summed E-state index contributed by atoms with van der Waals surface area (Å²) in [7, 11) is 0. The Morgan fingerprint density at radius 3 is 2.25 bits per heavy atom. The summed E-state index contributed by atoms with van der Waals surface area (Å²) in [5.41, 5.74) is 0. The Kier molecular flexibility index (Phi) is 2.69. The van der Waals surface area contributed by atoms with Crippen LogP contribution in [0.2, 0.25) is 0 Å². The van der Waals surface area contributed by atoms with E-state index in [9.17, 15) is 0 Å². The van der Waals surface area contributed by atoms with Crippen LogP contribution in [0.25, 0.3) is 0 Å². The molecule has 1 heteroatoms. The molecule has 2 aliphatic rings. The van der Waals surface area contributed by atoms with E-state index in [2.05, 4.69) is 0 Å². The highest BCUT2D eigenvalue weighted by atomic mass is 16.3. The molecule has 2 fully saturated rings. The topological polar surface area (TPSA) is 20.2 Å². The fraction of sp³-hybridized carbons (Fsp3) is 1.00. The van der Waals surface area contributed by atoms with Crippen molar-refractivity contribution in [3.05, 3.63) is 0 Å². The Bertz CT molecular complexity index is 138. The average Bonchev–Trinajstić information content (AvgIpc) is 2.75. The lowest BCUT2D eigenvalue weighted by Gasteiger charge is -2.17. The van der Waals surface area contributed by atoms with Crippen LogP contribution in [0.4, 0.5) is 0 Å². The largest absolute Gasteiger partial charge is 0.396 e. The highest BCUT2D eigenvalue weighted by Gasteiger charge is 2.31. The third kappa shape index (κ3) is 1.66. The molecule has 2 saturated carbocycles. The molecule has 1 N–H and O–H groups in total. The van der Waals surface area contributed by atoms with Gasteiger partial charge in [-0.2, -0.15) is 0 Å². The van der Waals surface area contributed by atoms with Crippen molar-refractivity contribution in [2.24, 2.45) is 17.8 Å². The molecule has 0 spiro atoms. The van der Waals surface area contributed by atoms with E-state index in [-0.39, 0.29) is 0 Å². The Hall–Kier alpha value is -0.0400. The lowest BCUT2D eigenvalue weighted by molar-refractivity contribution is 0.219. The minimum Gasteiger partial charge on any atom is -0.396 e. The van der Waals surface area contributed by atoms with Gasteiger partial charge in [-0.05, 0) is 37.0 Å². The van der Waals surface area contributed by atoms with E-state index in [1.165, 1.54) is 44.9 Å². The normalized spacial score (nSPS) is 37.8. The van der Waals surface area contributed by atoms with Crippen molar-refractivity contribution in [1.82, 2.24) is 0 Å². The maximum atomic E-state index is 9.03. The summed E-state index contributed by atoms with van der Waals surface area (Å²) in [4.78, 5) is 0. The lowest BCUT2D eigenvalue weighted by Crippen LogP contribution is -2.09. The Labute approximate surface area is 75.2 Å². The molecular weight excluding hydrogens is 148 g/mol. The second kappa shape index (κ2) is 3.78. The van der Waals surface area contributed by atoms with Crippen molar-refractivity contribution in [1.29, 1.82) is 0 Å². The summed E-state index contributed by atoms with van der Waals surface area (Å²) < 4.78 is 0. The Balaban J connectivity index is 1.81. The molecule has 2 rings (SSSR count). The van der Waals surface area contributed by atoms with E-state index in [1.807, 2.05) is 0 Å². The molecule has 0 heterocycles. The van der Waals surface area contributed by atoms with Gasteiger partial charge in [0.2, 0.25) is 0 Å². The van der Waals surface area contributed by atoms with Crippen molar-refractivity contribution >= 4 is 0 Å². The quantitative estimate of drug-likeness (QED) is 0.672. The van der Waals surface area contributed by atoms with Crippen LogP contribution in [0.15, 0.2) is 0 Å². The zero-order chi connectivity index (χ0) is 8.39. The van der Waals surface area contributed by atoms with E-state index in [4.69, 9.17) is 5.11 Å². The molecule has 0 radical (unpaired) electrons. The van der Waals surface area contributed by atoms with Crippen molar-refractivity contribution in [2.75, 3.05) is 6.61 Å². The van der Waals surface area contributed by atoms with Crippen LogP contribution in [0.5, 0.6) is 0 Å². The second-order valence-corrected chi connectivity index (χ2v) is 4.67. The SMILES string of the molecule is OCC1CCC(C2CCCC2)C1. The van der Waals surface area contributed by atoms with Gasteiger partial charge < -0.3 is 5.11 Å². The van der Waals surface area contributed by atoms with Crippen molar-refractivity contribution in [2.45, 2.75) is 44.9 Å². The van der Waals surface area contributed by atoms with Gasteiger partial charge in [-0.25, -0.2) is 0 Å². The molecule has 2 aliphatic carbocycles. The fourth-order valence-electron chi connectivity index (χ4n) is 3.14. The van der Waals surface area contributed by atoms with E-state index >= 15 is 0 Å². The van der Waals surface area contributed by atoms with Crippen LogP contribution >= 0.6 is 0 Å². The molecule has 2 unspecified atom stereocenters. The van der Waals surface area contributed by atoms with Crippen LogP contribution in [0, 0.1) is 17.8 Å². The highest BCUT2D eigenvalue weighted by Crippen LogP contribution is 2.42. The fourth-order valence-corrected chi connectivity index (χ4v) is 3.14. The van der Waals surface area contributed by atoms with E-state index in [0.29, 0.717) is 12.5 Å². The summed E-state index contributed by atoms with van der Waals surface area (Å²) in [6, 6.07) is 0. The van der Waals surface area contributed by atoms with Gasteiger partial charge in [-0.1, -0.05) is 25.7 Å². The number of aliphatic hydroxyl groups is 1. The first-order valence-corrected chi connectivity index (χ1v) is 5.51.